The first-order valence-electron chi connectivity index (χ1n) is 3.67. The Balaban J connectivity index is 2.98. The molecule has 1 rings (SSSR count). The van der Waals surface area contributed by atoms with Crippen molar-refractivity contribution in [1.29, 1.82) is 0 Å². The Hall–Kier alpha value is -0.620. The molecule has 0 atom stereocenters. The van der Waals surface area contributed by atoms with E-state index in [1.807, 2.05) is 0 Å². The molecule has 78 valence electrons. The van der Waals surface area contributed by atoms with E-state index in [1.165, 1.54) is 19.2 Å². The molecular weight excluding hydrogens is 275 g/mol. The van der Waals surface area contributed by atoms with Crippen molar-refractivity contribution >= 4 is 26.2 Å². The highest BCUT2D eigenvalue weighted by Gasteiger charge is 2.10. The first-order chi connectivity index (χ1) is 6.42. The summed E-state index contributed by atoms with van der Waals surface area (Å²) in [7, 11) is -2.98. The summed E-state index contributed by atoms with van der Waals surface area (Å²) < 4.78 is 38.6. The molecule has 1 aromatic rings. The number of ether oxygens (including phenoxy) is 1. The van der Waals surface area contributed by atoms with Crippen LogP contribution in [0.5, 0.6) is 5.75 Å². The second-order valence-electron chi connectivity index (χ2n) is 2.65. The van der Waals surface area contributed by atoms with E-state index in [2.05, 4.69) is 15.9 Å². The molecule has 6 heteroatoms. The minimum atomic E-state index is -4.48. The number of hydrogen-bond donors (Lipinski definition) is 0. The SMILES string of the molecule is COc1ccc(CS(=O)(=O)F)cc1Br. The van der Waals surface area contributed by atoms with Gasteiger partial charge in [0.2, 0.25) is 0 Å². The van der Waals surface area contributed by atoms with E-state index in [0.29, 0.717) is 15.8 Å². The highest BCUT2D eigenvalue weighted by atomic mass is 79.9. The van der Waals surface area contributed by atoms with Crippen molar-refractivity contribution in [2.45, 2.75) is 5.75 Å². The average Bonchev–Trinajstić information content (AvgIpc) is 2.01. The molecule has 0 spiro atoms. The van der Waals surface area contributed by atoms with E-state index in [-0.39, 0.29) is 0 Å². The third kappa shape index (κ3) is 3.26. The zero-order valence-electron chi connectivity index (χ0n) is 7.33. The second-order valence-corrected chi connectivity index (χ2v) is 4.87. The lowest BCUT2D eigenvalue weighted by Gasteiger charge is -2.04. The highest BCUT2D eigenvalue weighted by molar-refractivity contribution is 9.10. The Morgan fingerprint density at radius 1 is 1.50 bits per heavy atom. The van der Waals surface area contributed by atoms with Crippen molar-refractivity contribution in [3.63, 3.8) is 0 Å². The van der Waals surface area contributed by atoms with Crippen LogP contribution in [0.4, 0.5) is 3.89 Å². The molecule has 14 heavy (non-hydrogen) atoms. The fourth-order valence-corrected chi connectivity index (χ4v) is 2.16. The summed E-state index contributed by atoms with van der Waals surface area (Å²) in [6.07, 6.45) is 0. The standard InChI is InChI=1S/C8H8BrFO3S/c1-13-8-3-2-6(4-7(8)9)5-14(10,11)12/h2-4H,5H2,1H3. The second kappa shape index (κ2) is 4.27. The first-order valence-corrected chi connectivity index (χ1v) is 6.01. The van der Waals surface area contributed by atoms with Crippen LogP contribution in [-0.2, 0) is 16.0 Å². The molecule has 0 aliphatic rings. The van der Waals surface area contributed by atoms with Crippen LogP contribution in [0.15, 0.2) is 22.7 Å². The van der Waals surface area contributed by atoms with Crippen molar-refractivity contribution in [3.8, 4) is 5.75 Å². The lowest BCUT2D eigenvalue weighted by Crippen LogP contribution is -1.96. The molecule has 0 aliphatic heterocycles. The number of halogens is 2. The van der Waals surface area contributed by atoms with Gasteiger partial charge in [0.05, 0.1) is 11.6 Å². The highest BCUT2D eigenvalue weighted by Crippen LogP contribution is 2.26. The van der Waals surface area contributed by atoms with Crippen LogP contribution in [0.1, 0.15) is 5.56 Å². The lowest BCUT2D eigenvalue weighted by atomic mass is 10.2. The summed E-state index contributed by atoms with van der Waals surface area (Å²) in [5.74, 6) is -0.0414. The fraction of sp³-hybridized carbons (Fsp3) is 0.250. The molecule has 1 aromatic carbocycles. The Morgan fingerprint density at radius 3 is 2.57 bits per heavy atom. The van der Waals surface area contributed by atoms with Crippen LogP contribution in [-0.4, -0.2) is 15.5 Å². The number of hydrogen-bond acceptors (Lipinski definition) is 3. The molecule has 0 heterocycles. The smallest absolute Gasteiger partial charge is 0.306 e. The maximum Gasteiger partial charge on any atom is 0.306 e. The van der Waals surface area contributed by atoms with Gasteiger partial charge in [-0.05, 0) is 33.6 Å². The average molecular weight is 283 g/mol. The van der Waals surface area contributed by atoms with Crippen molar-refractivity contribution in [2.24, 2.45) is 0 Å². The Kier molecular flexibility index (Phi) is 3.49. The van der Waals surface area contributed by atoms with E-state index in [9.17, 15) is 12.3 Å². The van der Waals surface area contributed by atoms with Gasteiger partial charge < -0.3 is 4.74 Å². The fourth-order valence-electron chi connectivity index (χ4n) is 0.999. The predicted molar refractivity (Wildman–Crippen MR) is 54.4 cm³/mol. The maximum atomic E-state index is 12.3. The summed E-state index contributed by atoms with van der Waals surface area (Å²) in [5.41, 5.74) is 0.375. The van der Waals surface area contributed by atoms with Crippen LogP contribution in [0.3, 0.4) is 0 Å². The molecule has 0 saturated carbocycles. The van der Waals surface area contributed by atoms with Crippen molar-refractivity contribution in [2.75, 3.05) is 7.11 Å². The monoisotopic (exact) mass is 282 g/mol. The van der Waals surface area contributed by atoms with Crippen molar-refractivity contribution < 1.29 is 17.0 Å². The van der Waals surface area contributed by atoms with Crippen molar-refractivity contribution in [1.82, 2.24) is 0 Å². The van der Waals surface area contributed by atoms with Gasteiger partial charge in [-0.25, -0.2) is 0 Å². The Bertz CT molecular complexity index is 430. The molecular formula is C8H8BrFO3S. The molecule has 3 nitrogen and oxygen atoms in total. The van der Waals surface area contributed by atoms with Gasteiger partial charge in [-0.3, -0.25) is 0 Å². The van der Waals surface area contributed by atoms with Gasteiger partial charge in [0, 0.05) is 0 Å². The summed E-state index contributed by atoms with van der Waals surface area (Å²) in [5, 5.41) is 0. The summed E-state index contributed by atoms with van der Waals surface area (Å²) >= 11 is 3.17. The van der Waals surface area contributed by atoms with Gasteiger partial charge in [-0.15, -0.1) is 3.89 Å². The van der Waals surface area contributed by atoms with Crippen molar-refractivity contribution in [3.05, 3.63) is 28.2 Å². The molecule has 0 radical (unpaired) electrons. The topological polar surface area (TPSA) is 43.4 Å². The van der Waals surface area contributed by atoms with Gasteiger partial charge in [0.1, 0.15) is 11.5 Å². The molecule has 0 fully saturated rings. The zero-order valence-corrected chi connectivity index (χ0v) is 9.73. The number of benzene rings is 1. The summed E-state index contributed by atoms with van der Waals surface area (Å²) in [4.78, 5) is 0. The third-order valence-corrected chi connectivity index (χ3v) is 2.85. The minimum absolute atomic E-state index is 0.375. The van der Waals surface area contributed by atoms with E-state index < -0.39 is 16.0 Å². The van der Waals surface area contributed by atoms with Crippen LogP contribution in [0, 0.1) is 0 Å². The molecule has 0 N–H and O–H groups in total. The predicted octanol–water partition coefficient (Wildman–Crippen LogP) is 2.26. The Labute approximate surface area is 90.2 Å². The number of rotatable bonds is 3. The summed E-state index contributed by atoms with van der Waals surface area (Å²) in [6.45, 7) is 0. The van der Waals surface area contributed by atoms with Crippen LogP contribution >= 0.6 is 15.9 Å². The quantitative estimate of drug-likeness (QED) is 0.799. The molecule has 0 bridgehead atoms. The van der Waals surface area contributed by atoms with Gasteiger partial charge in [-0.2, -0.15) is 8.42 Å². The summed E-state index contributed by atoms with van der Waals surface area (Å²) in [6, 6.07) is 4.58. The van der Waals surface area contributed by atoms with Gasteiger partial charge >= 0.3 is 10.2 Å². The van der Waals surface area contributed by atoms with Gasteiger partial charge in [0.15, 0.2) is 0 Å². The number of methoxy groups -OCH3 is 1. The third-order valence-electron chi connectivity index (χ3n) is 1.56. The van der Waals surface area contributed by atoms with Crippen LogP contribution < -0.4 is 4.74 Å². The maximum absolute atomic E-state index is 12.3. The van der Waals surface area contributed by atoms with Gasteiger partial charge in [-0.1, -0.05) is 6.07 Å². The molecule has 0 amide bonds. The first kappa shape index (κ1) is 11.5. The normalized spacial score (nSPS) is 11.4. The molecule has 0 saturated heterocycles. The molecule has 0 unspecified atom stereocenters. The Morgan fingerprint density at radius 2 is 2.14 bits per heavy atom. The largest absolute Gasteiger partial charge is 0.496 e. The van der Waals surface area contributed by atoms with E-state index in [0.717, 1.165) is 0 Å². The van der Waals surface area contributed by atoms with E-state index >= 15 is 0 Å². The van der Waals surface area contributed by atoms with Crippen LogP contribution in [0.25, 0.3) is 0 Å². The zero-order chi connectivity index (χ0) is 10.8. The lowest BCUT2D eigenvalue weighted by molar-refractivity contribution is 0.412. The molecule has 0 aliphatic carbocycles. The molecule has 0 aromatic heterocycles. The van der Waals surface area contributed by atoms with Gasteiger partial charge in [0.25, 0.3) is 0 Å². The minimum Gasteiger partial charge on any atom is -0.496 e. The van der Waals surface area contributed by atoms with E-state index in [4.69, 9.17) is 4.74 Å². The van der Waals surface area contributed by atoms with E-state index in [1.54, 1.807) is 6.07 Å². The van der Waals surface area contributed by atoms with Crippen LogP contribution in [0.2, 0.25) is 0 Å².